The van der Waals surface area contributed by atoms with Crippen LogP contribution >= 0.6 is 0 Å². The topological polar surface area (TPSA) is 40.2 Å². The van der Waals surface area contributed by atoms with E-state index in [0.29, 0.717) is 13.2 Å². The van der Waals surface area contributed by atoms with Crippen LogP contribution in [0.4, 0.5) is 0 Å². The van der Waals surface area contributed by atoms with Crippen molar-refractivity contribution < 1.29 is 4.74 Å². The van der Waals surface area contributed by atoms with Gasteiger partial charge in [0, 0.05) is 18.5 Å². The van der Waals surface area contributed by atoms with E-state index in [1.165, 1.54) is 22.2 Å². The Labute approximate surface area is 131 Å². The first-order valence-corrected chi connectivity index (χ1v) is 7.73. The zero-order valence-corrected chi connectivity index (χ0v) is 13.2. The Balaban J connectivity index is 1.96. The van der Waals surface area contributed by atoms with Crippen LogP contribution in [0.15, 0.2) is 48.5 Å². The van der Waals surface area contributed by atoms with Gasteiger partial charge in [-0.2, -0.15) is 0 Å². The molecule has 2 aromatic carbocycles. The minimum Gasteiger partial charge on any atom is -0.487 e. The maximum atomic E-state index is 6.02. The van der Waals surface area contributed by atoms with Crippen molar-refractivity contribution in [1.82, 2.24) is 4.57 Å². The van der Waals surface area contributed by atoms with Crippen LogP contribution in [0.2, 0.25) is 0 Å². The average molecular weight is 294 g/mol. The lowest BCUT2D eigenvalue weighted by Gasteiger charge is -2.12. The first kappa shape index (κ1) is 14.7. The summed E-state index contributed by atoms with van der Waals surface area (Å²) in [6.45, 7) is 6.26. The van der Waals surface area contributed by atoms with Crippen LogP contribution in [0.25, 0.3) is 10.9 Å². The average Bonchev–Trinajstić information content (AvgIpc) is 2.91. The number of para-hydroxylation sites is 2. The fourth-order valence-electron chi connectivity index (χ4n) is 2.97. The Hall–Kier alpha value is -2.26. The third kappa shape index (κ3) is 2.60. The molecular formula is C19H22N2O. The Morgan fingerprint density at radius 1 is 1.09 bits per heavy atom. The second-order valence-corrected chi connectivity index (χ2v) is 5.49. The molecule has 0 aliphatic carbocycles. The van der Waals surface area contributed by atoms with Gasteiger partial charge in [-0.3, -0.25) is 0 Å². The molecule has 3 heteroatoms. The molecule has 3 rings (SSSR count). The summed E-state index contributed by atoms with van der Waals surface area (Å²) in [5.74, 6) is 0.939. The molecule has 0 unspecified atom stereocenters. The van der Waals surface area contributed by atoms with E-state index < -0.39 is 0 Å². The van der Waals surface area contributed by atoms with Crippen LogP contribution in [0.3, 0.4) is 0 Å². The molecule has 3 nitrogen and oxygen atoms in total. The van der Waals surface area contributed by atoms with Gasteiger partial charge in [-0.05, 0) is 37.1 Å². The number of hydrogen-bond acceptors (Lipinski definition) is 2. The van der Waals surface area contributed by atoms with Crippen LogP contribution in [0.5, 0.6) is 5.75 Å². The van der Waals surface area contributed by atoms with E-state index in [0.717, 1.165) is 17.9 Å². The molecule has 0 saturated carbocycles. The molecule has 0 aliphatic heterocycles. The third-order valence-corrected chi connectivity index (χ3v) is 4.09. The molecule has 2 N–H and O–H groups in total. The minimum atomic E-state index is 0.555. The molecule has 3 aromatic rings. The Morgan fingerprint density at radius 2 is 1.91 bits per heavy atom. The monoisotopic (exact) mass is 294 g/mol. The van der Waals surface area contributed by atoms with E-state index in [-0.39, 0.29) is 0 Å². The number of nitrogens with zero attached hydrogens (tertiary/aromatic N) is 1. The number of rotatable bonds is 5. The molecule has 0 radical (unpaired) electrons. The minimum absolute atomic E-state index is 0.555. The summed E-state index contributed by atoms with van der Waals surface area (Å²) in [7, 11) is 0. The third-order valence-electron chi connectivity index (χ3n) is 4.09. The molecule has 0 aliphatic rings. The maximum absolute atomic E-state index is 6.02. The number of fused-ring (bicyclic) bond motifs is 1. The summed E-state index contributed by atoms with van der Waals surface area (Å²) in [5.41, 5.74) is 10.6. The van der Waals surface area contributed by atoms with Crippen LogP contribution in [-0.2, 0) is 19.7 Å². The summed E-state index contributed by atoms with van der Waals surface area (Å²) < 4.78 is 8.32. The standard InChI is InChI=1S/C19H22N2O/c1-3-21-17(13-22-18-10-5-4-7-14(18)2)11-15-8-6-9-16(12-20)19(15)21/h4-11H,3,12-13,20H2,1-2H3. The van der Waals surface area contributed by atoms with Crippen molar-refractivity contribution >= 4 is 10.9 Å². The fraction of sp³-hybridized carbons (Fsp3) is 0.263. The van der Waals surface area contributed by atoms with Crippen LogP contribution in [0, 0.1) is 6.92 Å². The summed E-state index contributed by atoms with van der Waals surface area (Å²) in [4.78, 5) is 0. The zero-order chi connectivity index (χ0) is 15.5. The highest BCUT2D eigenvalue weighted by Crippen LogP contribution is 2.25. The summed E-state index contributed by atoms with van der Waals surface area (Å²) in [6, 6.07) is 16.6. The van der Waals surface area contributed by atoms with Gasteiger partial charge in [-0.25, -0.2) is 0 Å². The van der Waals surface area contributed by atoms with E-state index in [2.05, 4.69) is 48.7 Å². The van der Waals surface area contributed by atoms with Crippen LogP contribution < -0.4 is 10.5 Å². The highest BCUT2D eigenvalue weighted by molar-refractivity contribution is 5.84. The van der Waals surface area contributed by atoms with Crippen molar-refractivity contribution in [2.45, 2.75) is 33.5 Å². The van der Waals surface area contributed by atoms with Crippen molar-refractivity contribution in [3.63, 3.8) is 0 Å². The van der Waals surface area contributed by atoms with Gasteiger partial charge in [0.15, 0.2) is 0 Å². The Kier molecular flexibility index (Phi) is 4.16. The first-order valence-electron chi connectivity index (χ1n) is 7.73. The summed E-state index contributed by atoms with van der Waals surface area (Å²) >= 11 is 0. The number of benzene rings is 2. The van der Waals surface area contributed by atoms with E-state index in [1.807, 2.05) is 18.2 Å². The molecule has 0 atom stereocenters. The maximum Gasteiger partial charge on any atom is 0.128 e. The quantitative estimate of drug-likeness (QED) is 0.772. The van der Waals surface area contributed by atoms with Gasteiger partial charge in [-0.15, -0.1) is 0 Å². The highest BCUT2D eigenvalue weighted by atomic mass is 16.5. The summed E-state index contributed by atoms with van der Waals surface area (Å²) in [6.07, 6.45) is 0. The SMILES string of the molecule is CCn1c(COc2ccccc2C)cc2cccc(CN)c21. The first-order chi connectivity index (χ1) is 10.7. The van der Waals surface area contributed by atoms with Gasteiger partial charge in [-0.1, -0.05) is 36.4 Å². The zero-order valence-electron chi connectivity index (χ0n) is 13.2. The van der Waals surface area contributed by atoms with Gasteiger partial charge in [0.2, 0.25) is 0 Å². The van der Waals surface area contributed by atoms with Gasteiger partial charge < -0.3 is 15.0 Å². The molecule has 1 aromatic heterocycles. The van der Waals surface area contributed by atoms with E-state index in [4.69, 9.17) is 10.5 Å². The molecule has 0 saturated heterocycles. The molecular weight excluding hydrogens is 272 g/mol. The fourth-order valence-corrected chi connectivity index (χ4v) is 2.97. The van der Waals surface area contributed by atoms with Crippen LogP contribution in [-0.4, -0.2) is 4.57 Å². The number of nitrogens with two attached hydrogens (primary N) is 1. The molecule has 0 amide bonds. The van der Waals surface area contributed by atoms with Crippen molar-refractivity contribution in [2.24, 2.45) is 5.73 Å². The molecule has 0 spiro atoms. The lowest BCUT2D eigenvalue weighted by Crippen LogP contribution is -2.07. The second-order valence-electron chi connectivity index (χ2n) is 5.49. The van der Waals surface area contributed by atoms with E-state index in [1.54, 1.807) is 0 Å². The number of ether oxygens (including phenoxy) is 1. The molecule has 0 fully saturated rings. The van der Waals surface area contributed by atoms with Crippen molar-refractivity contribution in [3.8, 4) is 5.75 Å². The predicted molar refractivity (Wildman–Crippen MR) is 91.0 cm³/mol. The lowest BCUT2D eigenvalue weighted by molar-refractivity contribution is 0.294. The second kappa shape index (κ2) is 6.24. The van der Waals surface area contributed by atoms with E-state index >= 15 is 0 Å². The Bertz CT molecular complexity index is 789. The molecule has 1 heterocycles. The van der Waals surface area contributed by atoms with Gasteiger partial charge in [0.1, 0.15) is 12.4 Å². The van der Waals surface area contributed by atoms with Crippen molar-refractivity contribution in [2.75, 3.05) is 0 Å². The smallest absolute Gasteiger partial charge is 0.128 e. The number of hydrogen-bond donors (Lipinski definition) is 1. The van der Waals surface area contributed by atoms with Gasteiger partial charge in [0.25, 0.3) is 0 Å². The van der Waals surface area contributed by atoms with Crippen molar-refractivity contribution in [1.29, 1.82) is 0 Å². The molecule has 114 valence electrons. The van der Waals surface area contributed by atoms with Gasteiger partial charge in [0.05, 0.1) is 11.2 Å². The van der Waals surface area contributed by atoms with Gasteiger partial charge >= 0.3 is 0 Å². The normalized spacial score (nSPS) is 11.0. The molecule has 22 heavy (non-hydrogen) atoms. The molecule has 0 bridgehead atoms. The predicted octanol–water partition coefficient (Wildman–Crippen LogP) is 4.01. The van der Waals surface area contributed by atoms with Crippen molar-refractivity contribution in [3.05, 3.63) is 65.4 Å². The Morgan fingerprint density at radius 3 is 2.64 bits per heavy atom. The highest BCUT2D eigenvalue weighted by Gasteiger charge is 2.11. The van der Waals surface area contributed by atoms with E-state index in [9.17, 15) is 0 Å². The lowest BCUT2D eigenvalue weighted by atomic mass is 10.1. The number of aryl methyl sites for hydroxylation is 2. The largest absolute Gasteiger partial charge is 0.487 e. The number of aromatic nitrogens is 1. The van der Waals surface area contributed by atoms with Crippen LogP contribution in [0.1, 0.15) is 23.7 Å². The summed E-state index contributed by atoms with van der Waals surface area (Å²) in [5, 5.41) is 1.23.